The van der Waals surface area contributed by atoms with Gasteiger partial charge in [0.05, 0.1) is 14.2 Å². The molecule has 0 saturated carbocycles. The Morgan fingerprint density at radius 2 is 1.95 bits per heavy atom. The summed E-state index contributed by atoms with van der Waals surface area (Å²) in [5.41, 5.74) is 2.33. The molecule has 0 aliphatic heterocycles. The maximum Gasteiger partial charge on any atom is 0.127 e. The molecule has 1 N–H and O–H groups in total. The normalized spacial score (nSPS) is 10.3. The van der Waals surface area contributed by atoms with Gasteiger partial charge in [-0.2, -0.15) is 0 Å². The van der Waals surface area contributed by atoms with Crippen molar-refractivity contribution in [2.24, 2.45) is 7.05 Å². The van der Waals surface area contributed by atoms with Gasteiger partial charge in [-0.15, -0.1) is 0 Å². The van der Waals surface area contributed by atoms with Crippen LogP contribution in [0.1, 0.15) is 11.1 Å². The lowest BCUT2D eigenvalue weighted by molar-refractivity contribution is 0.391. The molecule has 2 aromatic rings. The van der Waals surface area contributed by atoms with Gasteiger partial charge in [0, 0.05) is 31.4 Å². The Morgan fingerprint density at radius 3 is 2.53 bits per heavy atom. The highest BCUT2D eigenvalue weighted by Gasteiger charge is 2.07. The van der Waals surface area contributed by atoms with E-state index >= 15 is 0 Å². The Balaban J connectivity index is 2.15. The molecule has 1 heterocycles. The molecule has 1 aromatic carbocycles. The Hall–Kier alpha value is -2.10. The molecule has 0 amide bonds. The van der Waals surface area contributed by atoms with Gasteiger partial charge >= 0.3 is 0 Å². The van der Waals surface area contributed by atoms with E-state index in [1.54, 1.807) is 14.2 Å². The number of hydrogen-bond acceptors (Lipinski definition) is 3. The first kappa shape index (κ1) is 13.3. The van der Waals surface area contributed by atoms with Crippen molar-refractivity contribution in [2.45, 2.75) is 13.5 Å². The van der Waals surface area contributed by atoms with Crippen LogP contribution in [0.25, 0.3) is 0 Å². The van der Waals surface area contributed by atoms with Crippen LogP contribution in [0, 0.1) is 6.92 Å². The van der Waals surface area contributed by atoms with Gasteiger partial charge in [0.25, 0.3) is 0 Å². The van der Waals surface area contributed by atoms with E-state index < -0.39 is 0 Å². The van der Waals surface area contributed by atoms with Gasteiger partial charge in [0.2, 0.25) is 0 Å². The lowest BCUT2D eigenvalue weighted by Gasteiger charge is -2.13. The van der Waals surface area contributed by atoms with Crippen LogP contribution < -0.4 is 14.8 Å². The average Bonchev–Trinajstić information content (AvgIpc) is 2.75. The largest absolute Gasteiger partial charge is 0.497 e. The lowest BCUT2D eigenvalue weighted by Crippen LogP contribution is -2.06. The molecule has 4 heteroatoms. The molecule has 0 bridgehead atoms. The highest BCUT2D eigenvalue weighted by atomic mass is 16.5. The second-order valence-corrected chi connectivity index (χ2v) is 4.49. The zero-order valence-corrected chi connectivity index (χ0v) is 11.9. The van der Waals surface area contributed by atoms with E-state index in [-0.39, 0.29) is 0 Å². The van der Waals surface area contributed by atoms with E-state index in [0.717, 1.165) is 22.9 Å². The van der Waals surface area contributed by atoms with E-state index in [1.807, 2.05) is 31.4 Å². The van der Waals surface area contributed by atoms with Crippen molar-refractivity contribution in [2.75, 3.05) is 19.5 Å². The predicted octanol–water partition coefficient (Wildman–Crippen LogP) is 2.96. The molecule has 0 radical (unpaired) electrons. The number of nitrogens with one attached hydrogen (secondary N) is 1. The standard InChI is InChI=1S/C15H20N2O2/c1-11-7-8-17(2)15(11)16-10-12-5-6-13(18-3)9-14(12)19-4/h5-9,16H,10H2,1-4H3. The van der Waals surface area contributed by atoms with Gasteiger partial charge in [-0.25, -0.2) is 0 Å². The van der Waals surface area contributed by atoms with Crippen molar-refractivity contribution in [1.29, 1.82) is 0 Å². The second kappa shape index (κ2) is 5.69. The summed E-state index contributed by atoms with van der Waals surface area (Å²) in [7, 11) is 5.35. The van der Waals surface area contributed by atoms with Crippen molar-refractivity contribution in [3.05, 3.63) is 41.6 Å². The molecule has 0 spiro atoms. The van der Waals surface area contributed by atoms with E-state index in [9.17, 15) is 0 Å². The monoisotopic (exact) mass is 260 g/mol. The summed E-state index contributed by atoms with van der Waals surface area (Å²) in [6, 6.07) is 7.95. The van der Waals surface area contributed by atoms with Crippen molar-refractivity contribution in [3.8, 4) is 11.5 Å². The molecule has 1 aromatic heterocycles. The van der Waals surface area contributed by atoms with Crippen molar-refractivity contribution in [1.82, 2.24) is 4.57 Å². The van der Waals surface area contributed by atoms with Crippen molar-refractivity contribution >= 4 is 5.82 Å². The molecule has 0 fully saturated rings. The molecule has 102 valence electrons. The third kappa shape index (κ3) is 2.84. The van der Waals surface area contributed by atoms with E-state index in [4.69, 9.17) is 9.47 Å². The maximum atomic E-state index is 5.39. The maximum absolute atomic E-state index is 5.39. The first-order valence-corrected chi connectivity index (χ1v) is 6.22. The van der Waals surface area contributed by atoms with E-state index in [2.05, 4.69) is 22.9 Å². The van der Waals surface area contributed by atoms with E-state index in [0.29, 0.717) is 6.54 Å². The molecule has 0 aliphatic carbocycles. The van der Waals surface area contributed by atoms with Gasteiger partial charge < -0.3 is 19.4 Å². The number of aromatic nitrogens is 1. The SMILES string of the molecule is COc1ccc(CNc2c(C)ccn2C)c(OC)c1. The molecular formula is C15H20N2O2. The fourth-order valence-corrected chi connectivity index (χ4v) is 2.10. The predicted molar refractivity (Wildman–Crippen MR) is 77.0 cm³/mol. The Morgan fingerprint density at radius 1 is 1.16 bits per heavy atom. The fourth-order valence-electron chi connectivity index (χ4n) is 2.10. The number of ether oxygens (including phenoxy) is 2. The van der Waals surface area contributed by atoms with Crippen LogP contribution in [0.4, 0.5) is 5.82 Å². The summed E-state index contributed by atoms with van der Waals surface area (Å²) in [4.78, 5) is 0. The fraction of sp³-hybridized carbons (Fsp3) is 0.333. The number of hydrogen-bond donors (Lipinski definition) is 1. The molecule has 0 aliphatic rings. The van der Waals surface area contributed by atoms with Crippen LogP contribution in [0.3, 0.4) is 0 Å². The van der Waals surface area contributed by atoms with Gasteiger partial charge in [0.15, 0.2) is 0 Å². The molecule has 4 nitrogen and oxygen atoms in total. The van der Waals surface area contributed by atoms with Gasteiger partial charge in [-0.3, -0.25) is 0 Å². The summed E-state index contributed by atoms with van der Waals surface area (Å²) >= 11 is 0. The molecule has 2 rings (SSSR count). The first-order chi connectivity index (χ1) is 9.15. The smallest absolute Gasteiger partial charge is 0.127 e. The number of anilines is 1. The second-order valence-electron chi connectivity index (χ2n) is 4.49. The molecule has 0 atom stereocenters. The summed E-state index contributed by atoms with van der Waals surface area (Å²) in [5, 5.41) is 3.43. The topological polar surface area (TPSA) is 35.4 Å². The molecule has 0 saturated heterocycles. The molecule has 19 heavy (non-hydrogen) atoms. The highest BCUT2D eigenvalue weighted by Crippen LogP contribution is 2.25. The number of nitrogens with zero attached hydrogens (tertiary/aromatic N) is 1. The van der Waals surface area contributed by atoms with Crippen LogP contribution in [0.15, 0.2) is 30.5 Å². The average molecular weight is 260 g/mol. The van der Waals surface area contributed by atoms with Crippen LogP contribution in [0.2, 0.25) is 0 Å². The number of benzene rings is 1. The van der Waals surface area contributed by atoms with Crippen LogP contribution in [-0.4, -0.2) is 18.8 Å². The summed E-state index contributed by atoms with van der Waals surface area (Å²) in [6.45, 7) is 2.81. The summed E-state index contributed by atoms with van der Waals surface area (Å²) < 4.78 is 12.7. The third-order valence-electron chi connectivity index (χ3n) is 3.21. The number of rotatable bonds is 5. The Kier molecular flexibility index (Phi) is 4.00. The van der Waals surface area contributed by atoms with Crippen molar-refractivity contribution < 1.29 is 9.47 Å². The minimum atomic E-state index is 0.714. The van der Waals surface area contributed by atoms with Crippen LogP contribution in [-0.2, 0) is 13.6 Å². The Bertz CT molecular complexity index is 542. The summed E-state index contributed by atoms with van der Waals surface area (Å²) in [5.74, 6) is 2.76. The zero-order chi connectivity index (χ0) is 13.8. The third-order valence-corrected chi connectivity index (χ3v) is 3.21. The van der Waals surface area contributed by atoms with E-state index in [1.165, 1.54) is 5.56 Å². The quantitative estimate of drug-likeness (QED) is 0.897. The van der Waals surface area contributed by atoms with Crippen molar-refractivity contribution in [3.63, 3.8) is 0 Å². The summed E-state index contributed by atoms with van der Waals surface area (Å²) in [6.07, 6.45) is 2.04. The zero-order valence-electron chi connectivity index (χ0n) is 11.9. The highest BCUT2D eigenvalue weighted by molar-refractivity contribution is 5.48. The molecular weight excluding hydrogens is 240 g/mol. The first-order valence-electron chi connectivity index (χ1n) is 6.22. The minimum absolute atomic E-state index is 0.714. The minimum Gasteiger partial charge on any atom is -0.497 e. The van der Waals surface area contributed by atoms with Gasteiger partial charge in [-0.1, -0.05) is 0 Å². The number of methoxy groups -OCH3 is 2. The Labute approximate surface area is 114 Å². The van der Waals surface area contributed by atoms with Crippen LogP contribution >= 0.6 is 0 Å². The molecule has 0 unspecified atom stereocenters. The van der Waals surface area contributed by atoms with Gasteiger partial charge in [0.1, 0.15) is 17.3 Å². The van der Waals surface area contributed by atoms with Gasteiger partial charge in [-0.05, 0) is 30.7 Å². The lowest BCUT2D eigenvalue weighted by atomic mass is 10.2. The van der Waals surface area contributed by atoms with Crippen LogP contribution in [0.5, 0.6) is 11.5 Å². The number of aryl methyl sites for hydroxylation is 2.